The molecule has 1 aromatic rings. The highest BCUT2D eigenvalue weighted by atomic mass is 32.2. The molecule has 1 aliphatic carbocycles. The third-order valence-corrected chi connectivity index (χ3v) is 5.81. The predicted octanol–water partition coefficient (Wildman–Crippen LogP) is 3.31. The number of amides is 1. The van der Waals surface area contributed by atoms with Crippen LogP contribution in [0.15, 0.2) is 17.0 Å². The highest BCUT2D eigenvalue weighted by molar-refractivity contribution is 8.02. The summed E-state index contributed by atoms with van der Waals surface area (Å²) in [5.74, 6) is 0.748. The van der Waals surface area contributed by atoms with E-state index in [4.69, 9.17) is 0 Å². The highest BCUT2D eigenvalue weighted by Crippen LogP contribution is 2.29. The number of carbonyl (C=O) groups is 1. The lowest BCUT2D eigenvalue weighted by Crippen LogP contribution is -2.35. The summed E-state index contributed by atoms with van der Waals surface area (Å²) in [6, 6.07) is 0. The molecular weight excluding hydrogens is 316 g/mol. The zero-order chi connectivity index (χ0) is 15.8. The first-order chi connectivity index (χ1) is 10.7. The maximum absolute atomic E-state index is 12.2. The molecule has 22 heavy (non-hydrogen) atoms. The van der Waals surface area contributed by atoms with E-state index < -0.39 is 0 Å². The molecule has 1 aromatic heterocycles. The number of rotatable bonds is 8. The third kappa shape index (κ3) is 5.61. The molecule has 1 fully saturated rings. The van der Waals surface area contributed by atoms with Crippen LogP contribution in [0.3, 0.4) is 0 Å². The van der Waals surface area contributed by atoms with Crippen molar-refractivity contribution in [3.63, 3.8) is 0 Å². The Morgan fingerprint density at radius 1 is 1.45 bits per heavy atom. The molecule has 122 valence electrons. The largest absolute Gasteiger partial charge is 0.357 e. The van der Waals surface area contributed by atoms with Gasteiger partial charge in [0.2, 0.25) is 11.0 Å². The Hall–Kier alpha value is -1.08. The van der Waals surface area contributed by atoms with E-state index in [1.54, 1.807) is 6.08 Å². The van der Waals surface area contributed by atoms with E-state index in [-0.39, 0.29) is 11.2 Å². The minimum absolute atomic E-state index is 0.0892. The molecular formula is C15H24N4OS2. The van der Waals surface area contributed by atoms with Gasteiger partial charge in [-0.05, 0) is 25.7 Å². The van der Waals surface area contributed by atoms with Crippen LogP contribution < -0.4 is 10.6 Å². The van der Waals surface area contributed by atoms with Crippen molar-refractivity contribution in [1.82, 2.24) is 15.5 Å². The van der Waals surface area contributed by atoms with Gasteiger partial charge in [0.1, 0.15) is 0 Å². The van der Waals surface area contributed by atoms with E-state index in [2.05, 4.69) is 27.4 Å². The lowest BCUT2D eigenvalue weighted by molar-refractivity contribution is -0.120. The Kier molecular flexibility index (Phi) is 7.18. The van der Waals surface area contributed by atoms with Gasteiger partial charge < -0.3 is 10.6 Å². The normalized spacial score (nSPS) is 17.0. The maximum Gasteiger partial charge on any atom is 0.233 e. The number of thioether (sulfide) groups is 1. The van der Waals surface area contributed by atoms with Crippen LogP contribution in [0.25, 0.3) is 0 Å². The van der Waals surface area contributed by atoms with Crippen molar-refractivity contribution in [3.05, 3.63) is 12.7 Å². The fraction of sp³-hybridized carbons (Fsp3) is 0.667. The topological polar surface area (TPSA) is 66.9 Å². The predicted molar refractivity (Wildman–Crippen MR) is 93.5 cm³/mol. The van der Waals surface area contributed by atoms with Crippen molar-refractivity contribution < 1.29 is 4.79 Å². The van der Waals surface area contributed by atoms with Crippen molar-refractivity contribution in [2.75, 3.05) is 18.4 Å². The van der Waals surface area contributed by atoms with Crippen LogP contribution in [-0.2, 0) is 4.79 Å². The number of nitrogens with one attached hydrogen (secondary N) is 2. The molecule has 0 spiro atoms. The molecule has 1 aliphatic rings. The number of anilines is 1. The Labute approximate surface area is 140 Å². The molecule has 0 unspecified atom stereocenters. The molecule has 5 nitrogen and oxygen atoms in total. The molecule has 0 aliphatic heterocycles. The van der Waals surface area contributed by atoms with E-state index in [9.17, 15) is 4.79 Å². The fourth-order valence-electron chi connectivity index (χ4n) is 2.47. The first kappa shape index (κ1) is 17.3. The van der Waals surface area contributed by atoms with E-state index in [1.807, 2.05) is 6.92 Å². The maximum atomic E-state index is 12.2. The average molecular weight is 341 g/mol. The van der Waals surface area contributed by atoms with Gasteiger partial charge in [0, 0.05) is 13.1 Å². The molecule has 1 amide bonds. The molecule has 1 atom stereocenters. The molecule has 0 radical (unpaired) electrons. The van der Waals surface area contributed by atoms with Gasteiger partial charge in [0.05, 0.1) is 5.25 Å². The second-order valence-electron chi connectivity index (χ2n) is 5.55. The second-order valence-corrected chi connectivity index (χ2v) is 8.12. The van der Waals surface area contributed by atoms with Gasteiger partial charge in [0.25, 0.3) is 0 Å². The average Bonchev–Trinajstić information content (AvgIpc) is 2.99. The number of nitrogens with zero attached hydrogens (tertiary/aromatic N) is 2. The summed E-state index contributed by atoms with van der Waals surface area (Å²) in [5, 5.41) is 14.9. The molecule has 1 saturated carbocycles. The van der Waals surface area contributed by atoms with E-state index in [0.717, 1.165) is 16.0 Å². The Morgan fingerprint density at radius 2 is 2.23 bits per heavy atom. The van der Waals surface area contributed by atoms with Gasteiger partial charge in [-0.25, -0.2) is 0 Å². The molecule has 7 heteroatoms. The van der Waals surface area contributed by atoms with Gasteiger partial charge in [-0.2, -0.15) is 0 Å². The van der Waals surface area contributed by atoms with E-state index >= 15 is 0 Å². The van der Waals surface area contributed by atoms with Crippen LogP contribution >= 0.6 is 23.1 Å². The highest BCUT2D eigenvalue weighted by Gasteiger charge is 2.19. The quantitative estimate of drug-likeness (QED) is 0.561. The lowest BCUT2D eigenvalue weighted by atomic mass is 9.89. The lowest BCUT2D eigenvalue weighted by Gasteiger charge is -2.22. The van der Waals surface area contributed by atoms with Gasteiger partial charge in [-0.3, -0.25) is 4.79 Å². The minimum atomic E-state index is -0.149. The summed E-state index contributed by atoms with van der Waals surface area (Å²) in [4.78, 5) is 12.2. The van der Waals surface area contributed by atoms with Crippen LogP contribution in [0, 0.1) is 5.92 Å². The third-order valence-electron chi connectivity index (χ3n) is 3.74. The second kappa shape index (κ2) is 9.15. The van der Waals surface area contributed by atoms with Crippen molar-refractivity contribution in [3.8, 4) is 0 Å². The first-order valence-electron chi connectivity index (χ1n) is 7.81. The monoisotopic (exact) mass is 340 g/mol. The van der Waals surface area contributed by atoms with E-state index in [0.29, 0.717) is 12.5 Å². The first-order valence-corrected chi connectivity index (χ1v) is 9.51. The fourth-order valence-corrected chi connectivity index (χ4v) is 4.40. The number of hydrogen-bond acceptors (Lipinski definition) is 6. The van der Waals surface area contributed by atoms with Crippen LogP contribution in [0.5, 0.6) is 0 Å². The summed E-state index contributed by atoms with van der Waals surface area (Å²) in [7, 11) is 0. The minimum Gasteiger partial charge on any atom is -0.357 e. The summed E-state index contributed by atoms with van der Waals surface area (Å²) in [5.41, 5.74) is 0. The zero-order valence-corrected chi connectivity index (χ0v) is 14.6. The van der Waals surface area contributed by atoms with Gasteiger partial charge >= 0.3 is 0 Å². The van der Waals surface area contributed by atoms with Crippen LogP contribution in [0.4, 0.5) is 5.13 Å². The van der Waals surface area contributed by atoms with Gasteiger partial charge in [0.15, 0.2) is 4.34 Å². The Morgan fingerprint density at radius 3 is 2.95 bits per heavy atom. The van der Waals surface area contributed by atoms with Crippen LogP contribution in [0.1, 0.15) is 39.0 Å². The smallest absolute Gasteiger partial charge is 0.233 e. The zero-order valence-electron chi connectivity index (χ0n) is 13.0. The van der Waals surface area contributed by atoms with E-state index in [1.165, 1.54) is 55.2 Å². The Bertz CT molecular complexity index is 486. The van der Waals surface area contributed by atoms with Crippen molar-refractivity contribution in [1.29, 1.82) is 0 Å². The number of hydrogen-bond donors (Lipinski definition) is 2. The summed E-state index contributed by atoms with van der Waals surface area (Å²) in [6.07, 6.45) is 8.21. The van der Waals surface area contributed by atoms with Crippen LogP contribution in [-0.4, -0.2) is 34.4 Å². The Balaban J connectivity index is 1.73. The molecule has 2 N–H and O–H groups in total. The number of carbonyl (C=O) groups excluding carboxylic acids is 1. The summed E-state index contributed by atoms with van der Waals surface area (Å²) < 4.78 is 0.812. The van der Waals surface area contributed by atoms with Crippen molar-refractivity contribution >= 4 is 34.1 Å². The standard InChI is InChI=1S/C15H24N4OS2/c1-3-9-16-14-18-19-15(22-14)21-11(2)13(20)17-10-12-7-5-4-6-8-12/h3,11-12H,1,4-10H2,2H3,(H,16,18)(H,17,20)/t11-/m0/s1. The molecule has 1 heterocycles. The number of aromatic nitrogens is 2. The van der Waals surface area contributed by atoms with Crippen molar-refractivity contribution in [2.45, 2.75) is 48.6 Å². The SMILES string of the molecule is C=CCNc1nnc(S[C@@H](C)C(=O)NCC2CCCCC2)s1. The molecule has 2 rings (SSSR count). The summed E-state index contributed by atoms with van der Waals surface area (Å²) >= 11 is 2.93. The van der Waals surface area contributed by atoms with Crippen molar-refractivity contribution in [2.24, 2.45) is 5.92 Å². The molecule has 0 aromatic carbocycles. The van der Waals surface area contributed by atoms with Gasteiger partial charge in [-0.15, -0.1) is 16.8 Å². The molecule has 0 bridgehead atoms. The summed E-state index contributed by atoms with van der Waals surface area (Å²) in [6.45, 7) is 7.04. The van der Waals surface area contributed by atoms with Crippen LogP contribution in [0.2, 0.25) is 0 Å². The van der Waals surface area contributed by atoms with Gasteiger partial charge in [-0.1, -0.05) is 48.4 Å². The molecule has 0 saturated heterocycles.